The summed E-state index contributed by atoms with van der Waals surface area (Å²) < 4.78 is 44.7. The number of hydrogen-bond donors (Lipinski definition) is 0. The number of benzene rings is 3. The summed E-state index contributed by atoms with van der Waals surface area (Å²) in [5.74, 6) is -0.704. The van der Waals surface area contributed by atoms with E-state index in [1.807, 2.05) is 31.2 Å². The molecule has 3 aromatic carbocycles. The smallest absolute Gasteiger partial charge is 0.416 e. The minimum absolute atomic E-state index is 0.104. The first-order valence-electron chi connectivity index (χ1n) is 10.6. The van der Waals surface area contributed by atoms with Gasteiger partial charge in [-0.25, -0.2) is 0 Å². The van der Waals surface area contributed by atoms with Gasteiger partial charge in [0, 0.05) is 6.07 Å². The van der Waals surface area contributed by atoms with Crippen molar-refractivity contribution in [1.82, 2.24) is 4.90 Å². The van der Waals surface area contributed by atoms with Crippen LogP contribution >= 0.6 is 27.7 Å². The minimum Gasteiger partial charge on any atom is -0.449 e. The van der Waals surface area contributed by atoms with Gasteiger partial charge in [0.15, 0.2) is 0 Å². The number of aryl methyl sites for hydroxylation is 1. The normalized spacial score (nSPS) is 14.9. The van der Waals surface area contributed by atoms with Crippen molar-refractivity contribution in [2.24, 2.45) is 0 Å². The third-order valence-corrected chi connectivity index (χ3v) is 6.78. The fraction of sp³-hybridized carbons (Fsp3) is 0.120. The second kappa shape index (κ2) is 10.4. The lowest BCUT2D eigenvalue weighted by Gasteiger charge is -2.13. The zero-order chi connectivity index (χ0) is 26.9. The SMILES string of the molecule is Cc1cccc(CN2C(=O)S/C(=C/c3ccc(Oc4ccc(C(F)(F)F)cc4[N+](=O)[O-])c(Br)c3)C2=O)c1. The second-order valence-electron chi connectivity index (χ2n) is 7.99. The maximum Gasteiger partial charge on any atom is 0.416 e. The van der Waals surface area contributed by atoms with Crippen molar-refractivity contribution in [3.63, 3.8) is 0 Å². The predicted molar refractivity (Wildman–Crippen MR) is 135 cm³/mol. The van der Waals surface area contributed by atoms with E-state index in [0.717, 1.165) is 33.9 Å². The van der Waals surface area contributed by atoms with E-state index in [-0.39, 0.29) is 22.9 Å². The summed E-state index contributed by atoms with van der Waals surface area (Å²) in [4.78, 5) is 37.0. The van der Waals surface area contributed by atoms with Crippen LogP contribution in [0.15, 0.2) is 70.0 Å². The molecule has 0 N–H and O–H groups in total. The maximum absolute atomic E-state index is 12.9. The molecule has 0 saturated carbocycles. The van der Waals surface area contributed by atoms with E-state index in [1.54, 1.807) is 12.1 Å². The van der Waals surface area contributed by atoms with E-state index in [2.05, 4.69) is 15.9 Å². The van der Waals surface area contributed by atoms with Gasteiger partial charge in [0.1, 0.15) is 5.75 Å². The lowest BCUT2D eigenvalue weighted by atomic mass is 10.1. The van der Waals surface area contributed by atoms with Gasteiger partial charge in [-0.05, 0) is 76.1 Å². The monoisotopic (exact) mass is 592 g/mol. The van der Waals surface area contributed by atoms with Crippen LogP contribution in [-0.4, -0.2) is 21.0 Å². The Morgan fingerprint density at radius 3 is 2.46 bits per heavy atom. The van der Waals surface area contributed by atoms with Gasteiger partial charge in [-0.1, -0.05) is 35.9 Å². The summed E-state index contributed by atoms with van der Waals surface area (Å²) in [6.07, 6.45) is -3.22. The molecule has 0 atom stereocenters. The molecule has 12 heteroatoms. The van der Waals surface area contributed by atoms with Crippen molar-refractivity contribution in [3.8, 4) is 11.5 Å². The average molecular weight is 593 g/mol. The highest BCUT2D eigenvalue weighted by Gasteiger charge is 2.35. The number of carbonyl (C=O) groups is 2. The number of ether oxygens (including phenoxy) is 1. The van der Waals surface area contributed by atoms with Crippen LogP contribution in [0.3, 0.4) is 0 Å². The highest BCUT2D eigenvalue weighted by atomic mass is 79.9. The quantitative estimate of drug-likeness (QED) is 0.165. The van der Waals surface area contributed by atoms with Crippen molar-refractivity contribution in [3.05, 3.63) is 102 Å². The van der Waals surface area contributed by atoms with Crippen molar-refractivity contribution in [1.29, 1.82) is 0 Å². The standard InChI is InChI=1S/C25H16BrF3N2O5S/c1-14-3-2-4-16(9-14)13-30-23(32)22(37-24(30)33)11-15-5-7-20(18(26)10-15)36-21-8-6-17(25(27,28)29)12-19(21)31(34)35/h2-12H,13H2,1H3/b22-11+. The number of nitro benzene ring substituents is 1. The first-order chi connectivity index (χ1) is 17.4. The number of amides is 2. The number of thioether (sulfide) groups is 1. The van der Waals surface area contributed by atoms with E-state index >= 15 is 0 Å². The molecule has 1 saturated heterocycles. The molecule has 0 bridgehead atoms. The molecule has 0 aliphatic carbocycles. The molecule has 37 heavy (non-hydrogen) atoms. The molecule has 3 aromatic rings. The van der Waals surface area contributed by atoms with Gasteiger partial charge in [0.25, 0.3) is 11.1 Å². The van der Waals surface area contributed by atoms with Crippen molar-refractivity contribution >= 4 is 50.6 Å². The summed E-state index contributed by atoms with van der Waals surface area (Å²) in [6.45, 7) is 2.06. The van der Waals surface area contributed by atoms with Gasteiger partial charge in [0.05, 0.1) is 26.4 Å². The van der Waals surface area contributed by atoms with E-state index in [1.165, 1.54) is 12.1 Å². The van der Waals surface area contributed by atoms with Crippen molar-refractivity contribution in [2.75, 3.05) is 0 Å². The summed E-state index contributed by atoms with van der Waals surface area (Å²) in [6, 6.07) is 14.0. The Labute approximate surface area is 221 Å². The topological polar surface area (TPSA) is 89.8 Å². The Bertz CT molecular complexity index is 1460. The number of hydrogen-bond acceptors (Lipinski definition) is 6. The van der Waals surface area contributed by atoms with Crippen LogP contribution in [0.2, 0.25) is 0 Å². The fourth-order valence-corrected chi connectivity index (χ4v) is 4.83. The predicted octanol–water partition coefficient (Wildman–Crippen LogP) is 7.71. The molecule has 2 amide bonds. The Kier molecular flexibility index (Phi) is 7.42. The number of nitro groups is 1. The zero-order valence-corrected chi connectivity index (χ0v) is 21.3. The van der Waals surface area contributed by atoms with Crippen LogP contribution in [0.1, 0.15) is 22.3 Å². The molecule has 0 unspecified atom stereocenters. The number of halogens is 4. The molecule has 1 aliphatic rings. The van der Waals surface area contributed by atoms with Gasteiger partial charge < -0.3 is 4.74 Å². The van der Waals surface area contributed by atoms with Crippen LogP contribution in [0.5, 0.6) is 11.5 Å². The lowest BCUT2D eigenvalue weighted by Crippen LogP contribution is -2.27. The van der Waals surface area contributed by atoms with Crippen LogP contribution in [-0.2, 0) is 17.5 Å². The van der Waals surface area contributed by atoms with Gasteiger partial charge in [-0.15, -0.1) is 0 Å². The molecule has 0 aromatic heterocycles. The molecule has 4 rings (SSSR count). The van der Waals surface area contributed by atoms with E-state index in [0.29, 0.717) is 22.2 Å². The number of alkyl halides is 3. The molecular weight excluding hydrogens is 577 g/mol. The molecule has 0 spiro atoms. The number of rotatable bonds is 6. The van der Waals surface area contributed by atoms with Gasteiger partial charge >= 0.3 is 11.9 Å². The van der Waals surface area contributed by atoms with Gasteiger partial charge in [-0.2, -0.15) is 13.2 Å². The summed E-state index contributed by atoms with van der Waals surface area (Å²) in [5.41, 5.74) is 0.353. The second-order valence-corrected chi connectivity index (χ2v) is 9.83. The minimum atomic E-state index is -4.74. The van der Waals surface area contributed by atoms with Gasteiger partial charge in [-0.3, -0.25) is 24.6 Å². The van der Waals surface area contributed by atoms with Crippen LogP contribution in [0.4, 0.5) is 23.7 Å². The molecule has 7 nitrogen and oxygen atoms in total. The van der Waals surface area contributed by atoms with Crippen LogP contribution in [0, 0.1) is 17.0 Å². The Morgan fingerprint density at radius 1 is 1.08 bits per heavy atom. The highest BCUT2D eigenvalue weighted by molar-refractivity contribution is 9.10. The summed E-state index contributed by atoms with van der Waals surface area (Å²) >= 11 is 4.08. The molecule has 1 fully saturated rings. The third-order valence-electron chi connectivity index (χ3n) is 5.25. The third kappa shape index (κ3) is 6.03. The highest BCUT2D eigenvalue weighted by Crippen LogP contribution is 2.40. The number of carbonyl (C=O) groups excluding carboxylic acids is 2. The maximum atomic E-state index is 12.9. The molecular formula is C25H16BrF3N2O5S. The molecule has 1 heterocycles. The fourth-order valence-electron chi connectivity index (χ4n) is 3.51. The molecule has 0 radical (unpaired) electrons. The number of imide groups is 1. The first kappa shape index (κ1) is 26.4. The Balaban J connectivity index is 1.54. The van der Waals surface area contributed by atoms with E-state index in [9.17, 15) is 32.9 Å². The summed E-state index contributed by atoms with van der Waals surface area (Å²) in [5, 5.41) is 10.9. The molecule has 1 aliphatic heterocycles. The average Bonchev–Trinajstić information content (AvgIpc) is 3.07. The van der Waals surface area contributed by atoms with Crippen LogP contribution in [0.25, 0.3) is 6.08 Å². The lowest BCUT2D eigenvalue weighted by molar-refractivity contribution is -0.385. The van der Waals surface area contributed by atoms with Crippen molar-refractivity contribution in [2.45, 2.75) is 19.6 Å². The zero-order valence-electron chi connectivity index (χ0n) is 18.9. The first-order valence-corrected chi connectivity index (χ1v) is 12.2. The van der Waals surface area contributed by atoms with Crippen LogP contribution < -0.4 is 4.74 Å². The van der Waals surface area contributed by atoms with E-state index < -0.39 is 33.5 Å². The Morgan fingerprint density at radius 2 is 1.81 bits per heavy atom. The van der Waals surface area contributed by atoms with E-state index in [4.69, 9.17) is 4.74 Å². The largest absolute Gasteiger partial charge is 0.449 e. The Hall–Kier alpha value is -3.64. The van der Waals surface area contributed by atoms with Crippen molar-refractivity contribution < 1.29 is 32.4 Å². The van der Waals surface area contributed by atoms with Gasteiger partial charge in [0.2, 0.25) is 5.75 Å². The summed E-state index contributed by atoms with van der Waals surface area (Å²) in [7, 11) is 0. The number of nitrogens with zero attached hydrogens (tertiary/aromatic N) is 2. The molecule has 190 valence electrons.